The fourth-order valence-electron chi connectivity index (χ4n) is 2.53. The maximum absolute atomic E-state index is 12.6. The van der Waals surface area contributed by atoms with E-state index in [2.05, 4.69) is 31.1 Å². The highest BCUT2D eigenvalue weighted by molar-refractivity contribution is 5.93. The second-order valence-corrected chi connectivity index (χ2v) is 6.78. The minimum absolute atomic E-state index is 0.0903. The summed E-state index contributed by atoms with van der Waals surface area (Å²) in [6.07, 6.45) is 1.31. The molecule has 2 rings (SSSR count). The molecule has 0 aromatic carbocycles. The van der Waals surface area contributed by atoms with E-state index in [0.717, 1.165) is 5.69 Å². The molecule has 0 radical (unpaired) electrons. The smallest absolute Gasteiger partial charge is 0.409 e. The van der Waals surface area contributed by atoms with Crippen LogP contribution < -0.4 is 5.32 Å². The van der Waals surface area contributed by atoms with Gasteiger partial charge in [-0.05, 0) is 39.8 Å². The first-order chi connectivity index (χ1) is 11.3. The van der Waals surface area contributed by atoms with Crippen LogP contribution in [-0.2, 0) is 4.74 Å². The molecule has 0 spiro atoms. The van der Waals surface area contributed by atoms with Gasteiger partial charge in [0.25, 0.3) is 5.91 Å². The van der Waals surface area contributed by atoms with Crippen LogP contribution in [0.1, 0.15) is 38.2 Å². The molecule has 1 aromatic rings. The molecule has 0 atom stereocenters. The molecule has 0 unspecified atom stereocenters. The van der Waals surface area contributed by atoms with Crippen molar-refractivity contribution in [1.82, 2.24) is 14.8 Å². The Morgan fingerprint density at radius 3 is 2.42 bits per heavy atom. The van der Waals surface area contributed by atoms with Gasteiger partial charge in [0.15, 0.2) is 0 Å². The number of hydrogen-bond donors (Lipinski definition) is 1. The van der Waals surface area contributed by atoms with Gasteiger partial charge in [-0.25, -0.2) is 4.79 Å². The van der Waals surface area contributed by atoms with Crippen LogP contribution >= 0.6 is 0 Å². The molecule has 1 saturated heterocycles. The number of piperazine rings is 1. The number of carbonyl (C=O) groups excluding carboxylic acids is 2. The third kappa shape index (κ3) is 4.84. The molecule has 24 heavy (non-hydrogen) atoms. The predicted octanol–water partition coefficient (Wildman–Crippen LogP) is 2.21. The van der Waals surface area contributed by atoms with Gasteiger partial charge in [0.1, 0.15) is 5.69 Å². The molecule has 0 aliphatic carbocycles. The van der Waals surface area contributed by atoms with E-state index in [1.807, 2.05) is 6.07 Å². The maximum atomic E-state index is 12.6. The highest BCUT2D eigenvalue weighted by atomic mass is 16.6. The van der Waals surface area contributed by atoms with Crippen LogP contribution in [0.4, 0.5) is 10.5 Å². The van der Waals surface area contributed by atoms with Crippen molar-refractivity contribution < 1.29 is 14.3 Å². The van der Waals surface area contributed by atoms with Crippen LogP contribution in [0.25, 0.3) is 0 Å². The number of rotatable bonds is 3. The van der Waals surface area contributed by atoms with Crippen molar-refractivity contribution in [2.75, 3.05) is 38.1 Å². The van der Waals surface area contributed by atoms with Gasteiger partial charge in [-0.15, -0.1) is 0 Å². The molecule has 2 heterocycles. The average Bonchev–Trinajstić information content (AvgIpc) is 2.53. The van der Waals surface area contributed by atoms with Gasteiger partial charge in [-0.3, -0.25) is 9.78 Å². The van der Waals surface area contributed by atoms with E-state index in [9.17, 15) is 9.59 Å². The zero-order chi connectivity index (χ0) is 17.7. The number of nitrogens with zero attached hydrogens (tertiary/aromatic N) is 3. The van der Waals surface area contributed by atoms with Gasteiger partial charge in [0, 0.05) is 43.6 Å². The Morgan fingerprint density at radius 1 is 1.21 bits per heavy atom. The first-order valence-electron chi connectivity index (χ1n) is 8.25. The van der Waals surface area contributed by atoms with Gasteiger partial charge in [0.2, 0.25) is 0 Å². The monoisotopic (exact) mass is 334 g/mol. The van der Waals surface area contributed by atoms with Crippen LogP contribution in [0.3, 0.4) is 0 Å². The molecule has 0 saturated carbocycles. The number of pyridine rings is 1. The van der Waals surface area contributed by atoms with Crippen molar-refractivity contribution >= 4 is 17.7 Å². The Kier molecular flexibility index (Phi) is 5.64. The molecule has 0 bridgehead atoms. The Bertz CT molecular complexity index is 590. The minimum Gasteiger partial charge on any atom is -0.450 e. The van der Waals surface area contributed by atoms with Gasteiger partial charge < -0.3 is 19.9 Å². The van der Waals surface area contributed by atoms with Crippen LogP contribution in [0.5, 0.6) is 0 Å². The lowest BCUT2D eigenvalue weighted by atomic mass is 10.1. The minimum atomic E-state index is -0.320. The topological polar surface area (TPSA) is 74.8 Å². The number of nitrogens with one attached hydrogen (secondary N) is 1. The summed E-state index contributed by atoms with van der Waals surface area (Å²) in [4.78, 5) is 31.9. The van der Waals surface area contributed by atoms with E-state index >= 15 is 0 Å². The molecule has 1 aliphatic heterocycles. The summed E-state index contributed by atoms with van der Waals surface area (Å²) in [7, 11) is 0. The Balaban J connectivity index is 1.98. The molecule has 1 aromatic heterocycles. The lowest BCUT2D eigenvalue weighted by Crippen LogP contribution is -2.50. The zero-order valence-corrected chi connectivity index (χ0v) is 14.8. The molecule has 1 N–H and O–H groups in total. The maximum Gasteiger partial charge on any atom is 0.409 e. The molecule has 132 valence electrons. The second kappa shape index (κ2) is 7.51. The summed E-state index contributed by atoms with van der Waals surface area (Å²) in [5, 5.41) is 3.34. The standard InChI is InChI=1S/C17H26N4O3/c1-5-24-16(23)21-10-8-20(9-11-21)15(22)14-12-13(6-7-18-14)19-17(2,3)4/h6-7,12H,5,8-11H2,1-4H3,(H,18,19). The van der Waals surface area contributed by atoms with Crippen LogP contribution in [0, 0.1) is 0 Å². The first-order valence-corrected chi connectivity index (χ1v) is 8.25. The Hall–Kier alpha value is -2.31. The van der Waals surface area contributed by atoms with E-state index in [1.54, 1.807) is 29.0 Å². The third-order valence-electron chi connectivity index (χ3n) is 3.59. The van der Waals surface area contributed by atoms with Gasteiger partial charge in [-0.2, -0.15) is 0 Å². The largest absolute Gasteiger partial charge is 0.450 e. The molecule has 1 aliphatic rings. The van der Waals surface area contributed by atoms with Crippen molar-refractivity contribution in [2.24, 2.45) is 0 Å². The predicted molar refractivity (Wildman–Crippen MR) is 92.1 cm³/mol. The average molecular weight is 334 g/mol. The summed E-state index contributed by atoms with van der Waals surface area (Å²) >= 11 is 0. The fourth-order valence-corrected chi connectivity index (χ4v) is 2.53. The van der Waals surface area contributed by atoms with Crippen molar-refractivity contribution in [3.8, 4) is 0 Å². The number of hydrogen-bond acceptors (Lipinski definition) is 5. The SMILES string of the molecule is CCOC(=O)N1CCN(C(=O)c2cc(NC(C)(C)C)ccn2)CC1. The highest BCUT2D eigenvalue weighted by Crippen LogP contribution is 2.16. The van der Waals surface area contributed by atoms with Crippen LogP contribution in [0.2, 0.25) is 0 Å². The summed E-state index contributed by atoms with van der Waals surface area (Å²) in [5.41, 5.74) is 1.19. The Labute approximate surface area is 143 Å². The van der Waals surface area contributed by atoms with E-state index < -0.39 is 0 Å². The summed E-state index contributed by atoms with van der Waals surface area (Å²) < 4.78 is 4.99. The third-order valence-corrected chi connectivity index (χ3v) is 3.59. The van der Waals surface area contributed by atoms with E-state index in [1.165, 1.54) is 0 Å². The van der Waals surface area contributed by atoms with Gasteiger partial charge >= 0.3 is 6.09 Å². The number of ether oxygens (including phenoxy) is 1. The van der Waals surface area contributed by atoms with Crippen LogP contribution in [0.15, 0.2) is 18.3 Å². The lowest BCUT2D eigenvalue weighted by molar-refractivity contribution is 0.0566. The van der Waals surface area contributed by atoms with Crippen LogP contribution in [-0.4, -0.2) is 65.1 Å². The number of carbonyl (C=O) groups is 2. The molecular formula is C17H26N4O3. The number of amides is 2. The van der Waals surface area contributed by atoms with Crippen molar-refractivity contribution in [3.63, 3.8) is 0 Å². The van der Waals surface area contributed by atoms with E-state index in [4.69, 9.17) is 4.74 Å². The molecule has 7 nitrogen and oxygen atoms in total. The van der Waals surface area contributed by atoms with E-state index in [0.29, 0.717) is 38.5 Å². The normalized spacial score (nSPS) is 15.2. The fraction of sp³-hybridized carbons (Fsp3) is 0.588. The molecular weight excluding hydrogens is 308 g/mol. The van der Waals surface area contributed by atoms with Gasteiger partial charge in [-0.1, -0.05) is 0 Å². The van der Waals surface area contributed by atoms with Crippen molar-refractivity contribution in [3.05, 3.63) is 24.0 Å². The lowest BCUT2D eigenvalue weighted by Gasteiger charge is -2.33. The Morgan fingerprint density at radius 2 is 1.83 bits per heavy atom. The van der Waals surface area contributed by atoms with Crippen molar-refractivity contribution in [1.29, 1.82) is 0 Å². The molecule has 7 heteroatoms. The quantitative estimate of drug-likeness (QED) is 0.917. The summed E-state index contributed by atoms with van der Waals surface area (Å²) in [6.45, 7) is 10.2. The highest BCUT2D eigenvalue weighted by Gasteiger charge is 2.26. The molecule has 1 fully saturated rings. The van der Waals surface area contributed by atoms with Gasteiger partial charge in [0.05, 0.1) is 6.61 Å². The first kappa shape index (κ1) is 18.0. The summed E-state index contributed by atoms with van der Waals surface area (Å²) in [5.74, 6) is -0.115. The molecule has 2 amide bonds. The summed E-state index contributed by atoms with van der Waals surface area (Å²) in [6, 6.07) is 3.62. The van der Waals surface area contributed by atoms with E-state index in [-0.39, 0.29) is 17.5 Å². The van der Waals surface area contributed by atoms with Crippen molar-refractivity contribution in [2.45, 2.75) is 33.2 Å². The second-order valence-electron chi connectivity index (χ2n) is 6.78. The number of aromatic nitrogens is 1. The number of anilines is 1. The zero-order valence-electron chi connectivity index (χ0n) is 14.8.